The number of thiazole rings is 1. The smallest absolute Gasteiger partial charge is 0.335 e. The monoisotopic (exact) mass is 381 g/mol. The van der Waals surface area contributed by atoms with Crippen LogP contribution in [0, 0.1) is 0 Å². The average molecular weight is 381 g/mol. The van der Waals surface area contributed by atoms with Gasteiger partial charge in [0.15, 0.2) is 5.69 Å². The maximum absolute atomic E-state index is 12.9. The molecule has 26 heavy (non-hydrogen) atoms. The van der Waals surface area contributed by atoms with Crippen molar-refractivity contribution in [3.63, 3.8) is 0 Å². The number of hydrogen-bond donors (Lipinski definition) is 0. The summed E-state index contributed by atoms with van der Waals surface area (Å²) in [6.45, 7) is 2.82. The van der Waals surface area contributed by atoms with Crippen LogP contribution in [0.3, 0.4) is 0 Å². The molecule has 0 atom stereocenters. The third kappa shape index (κ3) is 4.50. The van der Waals surface area contributed by atoms with Gasteiger partial charge in [0, 0.05) is 32.7 Å². The molecule has 8 heteroatoms. The van der Waals surface area contributed by atoms with Crippen LogP contribution in [0.2, 0.25) is 0 Å². The van der Waals surface area contributed by atoms with Crippen LogP contribution in [-0.2, 0) is 6.18 Å². The van der Waals surface area contributed by atoms with E-state index in [1.807, 2.05) is 36.4 Å². The number of halogens is 3. The van der Waals surface area contributed by atoms with Crippen LogP contribution < -0.4 is 0 Å². The van der Waals surface area contributed by atoms with Gasteiger partial charge in [-0.1, -0.05) is 42.5 Å². The molecule has 138 valence electrons. The maximum Gasteiger partial charge on any atom is 0.434 e. The highest BCUT2D eigenvalue weighted by Gasteiger charge is 2.39. The van der Waals surface area contributed by atoms with Gasteiger partial charge in [0.25, 0.3) is 5.91 Å². The standard InChI is InChI=1S/C18H18F3N3OS/c19-18(20,21)16-15(26-13-22-16)17(25)24-11-9-23(10-12-24)8-4-7-14-5-2-1-3-6-14/h1-7,13H,8-12H2/b7-4+. The second-order valence-electron chi connectivity index (χ2n) is 5.93. The Hall–Kier alpha value is -2.19. The molecule has 0 spiro atoms. The van der Waals surface area contributed by atoms with Gasteiger partial charge in [0.05, 0.1) is 5.51 Å². The molecule has 1 aromatic heterocycles. The van der Waals surface area contributed by atoms with Crippen molar-refractivity contribution in [2.75, 3.05) is 32.7 Å². The topological polar surface area (TPSA) is 36.4 Å². The number of benzene rings is 1. The molecule has 0 aliphatic carbocycles. The highest BCUT2D eigenvalue weighted by molar-refractivity contribution is 7.11. The van der Waals surface area contributed by atoms with Gasteiger partial charge in [0.1, 0.15) is 4.88 Å². The van der Waals surface area contributed by atoms with E-state index in [-0.39, 0.29) is 4.88 Å². The normalized spacial score (nSPS) is 16.3. The average Bonchev–Trinajstić information content (AvgIpc) is 3.13. The van der Waals surface area contributed by atoms with E-state index in [9.17, 15) is 18.0 Å². The Morgan fingerprint density at radius 1 is 1.15 bits per heavy atom. The van der Waals surface area contributed by atoms with Crippen LogP contribution in [0.25, 0.3) is 6.08 Å². The van der Waals surface area contributed by atoms with Crippen LogP contribution in [-0.4, -0.2) is 53.4 Å². The van der Waals surface area contributed by atoms with Crippen molar-refractivity contribution in [1.29, 1.82) is 0 Å². The SMILES string of the molecule is O=C(c1scnc1C(F)(F)F)N1CCN(C/C=C/c2ccccc2)CC1. The first kappa shape index (κ1) is 18.6. The van der Waals surface area contributed by atoms with E-state index in [0.717, 1.165) is 29.0 Å². The summed E-state index contributed by atoms with van der Waals surface area (Å²) in [4.78, 5) is 19.0. The van der Waals surface area contributed by atoms with Crippen molar-refractivity contribution in [1.82, 2.24) is 14.8 Å². The number of rotatable bonds is 4. The molecule has 2 heterocycles. The summed E-state index contributed by atoms with van der Waals surface area (Å²) in [6, 6.07) is 9.93. The first-order valence-corrected chi connectivity index (χ1v) is 9.07. The molecule has 1 aliphatic heterocycles. The highest BCUT2D eigenvalue weighted by Crippen LogP contribution is 2.33. The third-order valence-corrected chi connectivity index (χ3v) is 4.98. The molecule has 1 saturated heterocycles. The van der Waals surface area contributed by atoms with Crippen molar-refractivity contribution < 1.29 is 18.0 Å². The van der Waals surface area contributed by atoms with Crippen LogP contribution >= 0.6 is 11.3 Å². The first-order chi connectivity index (χ1) is 12.4. The van der Waals surface area contributed by atoms with Gasteiger partial charge in [-0.05, 0) is 5.56 Å². The maximum atomic E-state index is 12.9. The van der Waals surface area contributed by atoms with E-state index in [2.05, 4.69) is 16.0 Å². The Kier molecular flexibility index (Phi) is 5.73. The van der Waals surface area contributed by atoms with Crippen molar-refractivity contribution >= 4 is 23.3 Å². The van der Waals surface area contributed by atoms with Gasteiger partial charge >= 0.3 is 6.18 Å². The number of carbonyl (C=O) groups is 1. The third-order valence-electron chi connectivity index (χ3n) is 4.16. The molecule has 0 radical (unpaired) electrons. The molecule has 0 N–H and O–H groups in total. The second-order valence-corrected chi connectivity index (χ2v) is 6.79. The van der Waals surface area contributed by atoms with E-state index < -0.39 is 17.8 Å². The lowest BCUT2D eigenvalue weighted by molar-refractivity contribution is -0.141. The molecule has 0 bridgehead atoms. The molecule has 2 aromatic rings. The molecule has 4 nitrogen and oxygen atoms in total. The van der Waals surface area contributed by atoms with Crippen LogP contribution in [0.4, 0.5) is 13.2 Å². The van der Waals surface area contributed by atoms with Gasteiger partial charge in [-0.3, -0.25) is 9.69 Å². The van der Waals surface area contributed by atoms with E-state index in [1.54, 1.807) is 0 Å². The van der Waals surface area contributed by atoms with E-state index in [4.69, 9.17) is 0 Å². The molecule has 1 fully saturated rings. The number of amides is 1. The summed E-state index contributed by atoms with van der Waals surface area (Å²) in [5.74, 6) is -0.584. The minimum absolute atomic E-state index is 0.324. The van der Waals surface area contributed by atoms with Gasteiger partial charge < -0.3 is 4.90 Å². The molecule has 0 saturated carbocycles. The Labute approximate surface area is 153 Å². The number of alkyl halides is 3. The fourth-order valence-corrected chi connectivity index (χ4v) is 3.55. The van der Waals surface area contributed by atoms with Crippen LogP contribution in [0.15, 0.2) is 41.9 Å². The summed E-state index contributed by atoms with van der Waals surface area (Å²) in [7, 11) is 0. The largest absolute Gasteiger partial charge is 0.434 e. The van der Waals surface area contributed by atoms with Gasteiger partial charge in [0.2, 0.25) is 0 Å². The lowest BCUT2D eigenvalue weighted by atomic mass is 10.2. The molecular weight excluding hydrogens is 363 g/mol. The number of aromatic nitrogens is 1. The summed E-state index contributed by atoms with van der Waals surface area (Å²) in [5, 5.41) is 0. The fraction of sp³-hybridized carbons (Fsp3) is 0.333. The van der Waals surface area contributed by atoms with E-state index in [1.165, 1.54) is 4.90 Å². The van der Waals surface area contributed by atoms with Crippen LogP contribution in [0.1, 0.15) is 20.9 Å². The first-order valence-electron chi connectivity index (χ1n) is 8.19. The molecule has 3 rings (SSSR count). The van der Waals surface area contributed by atoms with Gasteiger partial charge in [-0.2, -0.15) is 13.2 Å². The lowest BCUT2D eigenvalue weighted by Gasteiger charge is -2.34. The summed E-state index contributed by atoms with van der Waals surface area (Å²) >= 11 is 0.743. The second kappa shape index (κ2) is 8.01. The Bertz CT molecular complexity index is 765. The number of hydrogen-bond acceptors (Lipinski definition) is 4. The minimum atomic E-state index is -4.60. The van der Waals surface area contributed by atoms with Crippen molar-refractivity contribution in [2.45, 2.75) is 6.18 Å². The lowest BCUT2D eigenvalue weighted by Crippen LogP contribution is -2.48. The Balaban J connectivity index is 1.53. The predicted molar refractivity (Wildman–Crippen MR) is 94.9 cm³/mol. The Morgan fingerprint density at radius 3 is 2.50 bits per heavy atom. The zero-order valence-electron chi connectivity index (χ0n) is 13.9. The predicted octanol–water partition coefficient (Wildman–Crippen LogP) is 3.63. The molecule has 1 aromatic carbocycles. The van der Waals surface area contributed by atoms with Gasteiger partial charge in [-0.25, -0.2) is 4.98 Å². The summed E-state index contributed by atoms with van der Waals surface area (Å²) in [6.07, 6.45) is -0.517. The quantitative estimate of drug-likeness (QED) is 0.812. The molecular formula is C18H18F3N3OS. The number of piperazine rings is 1. The van der Waals surface area contributed by atoms with Gasteiger partial charge in [-0.15, -0.1) is 11.3 Å². The zero-order chi connectivity index (χ0) is 18.6. The summed E-state index contributed by atoms with van der Waals surface area (Å²) in [5.41, 5.74) is 1.10. The zero-order valence-corrected chi connectivity index (χ0v) is 14.8. The number of nitrogens with zero attached hydrogens (tertiary/aromatic N) is 3. The molecule has 1 aliphatic rings. The van der Waals surface area contributed by atoms with Crippen molar-refractivity contribution in [3.8, 4) is 0 Å². The van der Waals surface area contributed by atoms with Crippen LogP contribution in [0.5, 0.6) is 0 Å². The van der Waals surface area contributed by atoms with Crippen molar-refractivity contribution in [2.24, 2.45) is 0 Å². The van der Waals surface area contributed by atoms with E-state index >= 15 is 0 Å². The molecule has 1 amide bonds. The highest BCUT2D eigenvalue weighted by atomic mass is 32.1. The van der Waals surface area contributed by atoms with E-state index in [0.29, 0.717) is 26.2 Å². The molecule has 0 unspecified atom stereocenters. The minimum Gasteiger partial charge on any atom is -0.335 e. The summed E-state index contributed by atoms with van der Waals surface area (Å²) < 4.78 is 38.7. The fourth-order valence-electron chi connectivity index (χ4n) is 2.78. The number of carbonyl (C=O) groups excluding carboxylic acids is 1. The Morgan fingerprint density at radius 2 is 1.85 bits per heavy atom. The van der Waals surface area contributed by atoms with Crippen molar-refractivity contribution in [3.05, 3.63) is 58.1 Å².